The molecular formula is C23H25ClN4O. The number of para-hydroxylation sites is 2. The smallest absolute Gasteiger partial charge is 0.172 e. The molecule has 0 unspecified atom stereocenters. The number of benzene rings is 2. The highest BCUT2D eigenvalue weighted by Gasteiger charge is 2.37. The Morgan fingerprint density at radius 1 is 0.759 bits per heavy atom. The molecule has 150 valence electrons. The number of hydrogen-bond donors (Lipinski definition) is 1. The Morgan fingerprint density at radius 3 is 1.86 bits per heavy atom. The van der Waals surface area contributed by atoms with Crippen LogP contribution in [0.2, 0.25) is 5.02 Å². The summed E-state index contributed by atoms with van der Waals surface area (Å²) >= 11 is 6.37. The molecule has 5 nitrogen and oxygen atoms in total. The maximum absolute atomic E-state index is 11.3. The molecule has 0 radical (unpaired) electrons. The Hall–Kier alpha value is -2.37. The minimum Gasteiger partial charge on any atom is -0.385 e. The van der Waals surface area contributed by atoms with Gasteiger partial charge in [-0.1, -0.05) is 41.9 Å². The van der Waals surface area contributed by atoms with Crippen LogP contribution in [0.3, 0.4) is 0 Å². The zero-order valence-corrected chi connectivity index (χ0v) is 17.1. The molecule has 0 amide bonds. The fraction of sp³-hybridized carbons (Fsp3) is 0.391. The lowest BCUT2D eigenvalue weighted by Crippen LogP contribution is -2.43. The van der Waals surface area contributed by atoms with Crippen LogP contribution in [0, 0.1) is 0 Å². The van der Waals surface area contributed by atoms with Crippen LogP contribution in [0.5, 0.6) is 0 Å². The van der Waals surface area contributed by atoms with E-state index < -0.39 is 5.60 Å². The van der Waals surface area contributed by atoms with Crippen molar-refractivity contribution >= 4 is 34.3 Å². The van der Waals surface area contributed by atoms with E-state index in [-0.39, 0.29) is 0 Å². The molecular weight excluding hydrogens is 384 g/mol. The van der Waals surface area contributed by atoms with Gasteiger partial charge >= 0.3 is 0 Å². The van der Waals surface area contributed by atoms with Crippen molar-refractivity contribution in [2.24, 2.45) is 0 Å². The van der Waals surface area contributed by atoms with E-state index in [0.29, 0.717) is 17.9 Å². The normalized spacial score (nSPS) is 19.1. The van der Waals surface area contributed by atoms with Crippen LogP contribution < -0.4 is 9.80 Å². The van der Waals surface area contributed by atoms with E-state index in [0.717, 1.165) is 54.4 Å². The average Bonchev–Trinajstić information content (AvgIpc) is 3.28. The molecule has 1 aromatic heterocycles. The van der Waals surface area contributed by atoms with Gasteiger partial charge in [0.05, 0.1) is 16.6 Å². The molecule has 0 spiro atoms. The van der Waals surface area contributed by atoms with Crippen molar-refractivity contribution in [1.82, 2.24) is 9.97 Å². The number of fused-ring (bicyclic) bond motifs is 1. The summed E-state index contributed by atoms with van der Waals surface area (Å²) in [6.07, 6.45) is 3.62. The van der Waals surface area contributed by atoms with Gasteiger partial charge in [0.15, 0.2) is 11.6 Å². The Balaban J connectivity index is 1.47. The van der Waals surface area contributed by atoms with Crippen LogP contribution >= 0.6 is 11.6 Å². The van der Waals surface area contributed by atoms with Gasteiger partial charge in [0, 0.05) is 36.8 Å². The molecule has 1 N–H and O–H groups in total. The van der Waals surface area contributed by atoms with Crippen molar-refractivity contribution in [1.29, 1.82) is 0 Å². The van der Waals surface area contributed by atoms with Crippen molar-refractivity contribution in [3.8, 4) is 0 Å². The summed E-state index contributed by atoms with van der Waals surface area (Å²) in [6.45, 7) is 3.49. The Morgan fingerprint density at radius 2 is 1.28 bits per heavy atom. The maximum atomic E-state index is 11.3. The van der Waals surface area contributed by atoms with Gasteiger partial charge in [-0.3, -0.25) is 0 Å². The van der Waals surface area contributed by atoms with Crippen LogP contribution in [0.1, 0.15) is 31.2 Å². The van der Waals surface area contributed by atoms with Crippen LogP contribution in [0.25, 0.3) is 11.0 Å². The standard InChI is InChI=1S/C23H25ClN4O/c24-18-8-2-1-7-17(18)23(29)11-15-28(16-12-23)22-21(27-13-5-6-14-27)25-19-9-3-4-10-20(19)26-22/h1-4,7-10,29H,5-6,11-16H2. The first-order valence-corrected chi connectivity index (χ1v) is 10.8. The van der Waals surface area contributed by atoms with Gasteiger partial charge in [0.2, 0.25) is 0 Å². The van der Waals surface area contributed by atoms with Crippen molar-refractivity contribution in [3.63, 3.8) is 0 Å². The Labute approximate surface area is 175 Å². The maximum Gasteiger partial charge on any atom is 0.172 e. The summed E-state index contributed by atoms with van der Waals surface area (Å²) in [7, 11) is 0. The Bertz CT molecular complexity index is 1030. The summed E-state index contributed by atoms with van der Waals surface area (Å²) in [5.74, 6) is 1.91. The predicted octanol–water partition coefficient (Wildman–Crippen LogP) is 4.37. The van der Waals surface area contributed by atoms with Crippen LogP contribution in [-0.2, 0) is 5.60 Å². The summed E-state index contributed by atoms with van der Waals surface area (Å²) < 4.78 is 0. The second kappa shape index (κ2) is 7.47. The van der Waals surface area contributed by atoms with E-state index in [9.17, 15) is 5.11 Å². The fourth-order valence-corrected chi connectivity index (χ4v) is 4.84. The molecule has 2 fully saturated rings. The van der Waals surface area contributed by atoms with E-state index in [1.54, 1.807) is 0 Å². The molecule has 2 aliphatic rings. The zero-order chi connectivity index (χ0) is 19.8. The number of anilines is 2. The molecule has 0 bridgehead atoms. The lowest BCUT2D eigenvalue weighted by molar-refractivity contribution is 0.0118. The number of rotatable bonds is 3. The highest BCUT2D eigenvalue weighted by atomic mass is 35.5. The first-order valence-electron chi connectivity index (χ1n) is 10.4. The van der Waals surface area contributed by atoms with Gasteiger partial charge in [-0.2, -0.15) is 0 Å². The summed E-state index contributed by atoms with van der Waals surface area (Å²) in [6, 6.07) is 15.7. The third-order valence-corrected chi connectivity index (χ3v) is 6.53. The quantitative estimate of drug-likeness (QED) is 0.697. The van der Waals surface area contributed by atoms with Gasteiger partial charge in [-0.05, 0) is 43.9 Å². The lowest BCUT2D eigenvalue weighted by atomic mass is 9.84. The van der Waals surface area contributed by atoms with E-state index in [2.05, 4.69) is 9.80 Å². The van der Waals surface area contributed by atoms with Gasteiger partial charge in [0.25, 0.3) is 0 Å². The van der Waals surface area contributed by atoms with Crippen molar-refractivity contribution in [2.75, 3.05) is 36.0 Å². The molecule has 3 aromatic rings. The van der Waals surface area contributed by atoms with E-state index in [4.69, 9.17) is 21.6 Å². The first kappa shape index (κ1) is 18.6. The molecule has 0 atom stereocenters. The zero-order valence-electron chi connectivity index (χ0n) is 16.4. The first-order chi connectivity index (χ1) is 14.1. The van der Waals surface area contributed by atoms with Crippen molar-refractivity contribution < 1.29 is 5.11 Å². The summed E-state index contributed by atoms with van der Waals surface area (Å²) in [5, 5.41) is 11.9. The predicted molar refractivity (Wildman–Crippen MR) is 118 cm³/mol. The molecule has 29 heavy (non-hydrogen) atoms. The molecule has 2 saturated heterocycles. The highest BCUT2D eigenvalue weighted by molar-refractivity contribution is 6.31. The summed E-state index contributed by atoms with van der Waals surface area (Å²) in [4.78, 5) is 14.6. The number of piperidine rings is 1. The fourth-order valence-electron chi connectivity index (χ4n) is 4.53. The van der Waals surface area contributed by atoms with Crippen molar-refractivity contribution in [2.45, 2.75) is 31.3 Å². The van der Waals surface area contributed by atoms with Crippen molar-refractivity contribution in [3.05, 3.63) is 59.1 Å². The van der Waals surface area contributed by atoms with E-state index in [1.807, 2.05) is 48.5 Å². The second-order valence-corrected chi connectivity index (χ2v) is 8.46. The van der Waals surface area contributed by atoms with Gasteiger partial charge in [-0.25, -0.2) is 9.97 Å². The molecule has 3 heterocycles. The van der Waals surface area contributed by atoms with Gasteiger partial charge < -0.3 is 14.9 Å². The third-order valence-electron chi connectivity index (χ3n) is 6.21. The molecule has 0 aliphatic carbocycles. The molecule has 0 saturated carbocycles. The van der Waals surface area contributed by atoms with Crippen LogP contribution in [0.4, 0.5) is 11.6 Å². The van der Waals surface area contributed by atoms with Crippen LogP contribution in [0.15, 0.2) is 48.5 Å². The largest absolute Gasteiger partial charge is 0.385 e. The topological polar surface area (TPSA) is 52.5 Å². The number of aliphatic hydroxyl groups is 1. The summed E-state index contributed by atoms with van der Waals surface area (Å²) in [5.41, 5.74) is 1.78. The third kappa shape index (κ3) is 3.43. The Kier molecular flexibility index (Phi) is 4.80. The second-order valence-electron chi connectivity index (χ2n) is 8.05. The van der Waals surface area contributed by atoms with E-state index >= 15 is 0 Å². The molecule has 2 aliphatic heterocycles. The van der Waals surface area contributed by atoms with Gasteiger partial charge in [-0.15, -0.1) is 0 Å². The molecule has 5 rings (SSSR count). The highest BCUT2D eigenvalue weighted by Crippen LogP contribution is 2.39. The number of nitrogens with zero attached hydrogens (tertiary/aromatic N) is 4. The monoisotopic (exact) mass is 408 g/mol. The number of aromatic nitrogens is 2. The minimum atomic E-state index is -0.896. The average molecular weight is 409 g/mol. The minimum absolute atomic E-state index is 0.616. The van der Waals surface area contributed by atoms with Gasteiger partial charge in [0.1, 0.15) is 0 Å². The SMILES string of the molecule is OC1(c2ccccc2Cl)CCN(c2nc3ccccc3nc2N2CCCC2)CC1. The van der Waals surface area contributed by atoms with Crippen LogP contribution in [-0.4, -0.2) is 41.3 Å². The number of hydrogen-bond acceptors (Lipinski definition) is 5. The number of halogens is 1. The van der Waals surface area contributed by atoms with E-state index in [1.165, 1.54) is 12.8 Å². The molecule has 6 heteroatoms. The molecule has 2 aromatic carbocycles. The lowest BCUT2D eigenvalue weighted by Gasteiger charge is -2.40.